The van der Waals surface area contributed by atoms with E-state index in [1.165, 1.54) is 16.4 Å². The molecule has 0 bridgehead atoms. The molecule has 0 saturated carbocycles. The van der Waals surface area contributed by atoms with Crippen molar-refractivity contribution in [3.8, 4) is 12.3 Å². The molecule has 2 atom stereocenters. The molecule has 0 spiro atoms. The number of carbonyl (C=O) groups is 2. The van der Waals surface area contributed by atoms with Gasteiger partial charge in [-0.15, -0.1) is 6.42 Å². The zero-order chi connectivity index (χ0) is 21.2. The summed E-state index contributed by atoms with van der Waals surface area (Å²) >= 11 is 0. The molecular formula is C19H25N3O6S. The highest BCUT2D eigenvalue weighted by atomic mass is 32.2. The standard InChI is InChI=1S/C19H25N3O6S/c1-4-14-11-15-13-21(18(24)22(15)12-14)9-8-19(2,29(3,25)26)17(23)20-28-16-7-5-6-10-27-16/h1,11-12,16H,5-10,13H2,2-3H3,(H,20,23)/t16-,19+/m0/s1. The van der Waals surface area contributed by atoms with Crippen molar-refractivity contribution >= 4 is 21.8 Å². The van der Waals surface area contributed by atoms with E-state index in [1.54, 1.807) is 12.3 Å². The molecule has 10 heteroatoms. The molecule has 2 aliphatic heterocycles. The predicted octanol–water partition coefficient (Wildman–Crippen LogP) is 1.02. The van der Waals surface area contributed by atoms with Gasteiger partial charge in [0.2, 0.25) is 0 Å². The fourth-order valence-electron chi connectivity index (χ4n) is 3.32. The van der Waals surface area contributed by atoms with Gasteiger partial charge in [0.25, 0.3) is 5.91 Å². The molecule has 0 aliphatic carbocycles. The molecular weight excluding hydrogens is 398 g/mol. The molecule has 1 aromatic rings. The maximum Gasteiger partial charge on any atom is 0.328 e. The number of nitrogens with zero attached hydrogens (tertiary/aromatic N) is 2. The van der Waals surface area contributed by atoms with Crippen molar-refractivity contribution < 1.29 is 27.6 Å². The van der Waals surface area contributed by atoms with E-state index in [0.717, 1.165) is 24.8 Å². The van der Waals surface area contributed by atoms with Crippen molar-refractivity contribution in [1.82, 2.24) is 14.9 Å². The van der Waals surface area contributed by atoms with E-state index in [0.29, 0.717) is 25.1 Å². The first-order chi connectivity index (χ1) is 13.7. The lowest BCUT2D eigenvalue weighted by atomic mass is 10.1. The maximum absolute atomic E-state index is 12.7. The number of hydrogen-bond acceptors (Lipinski definition) is 6. The van der Waals surface area contributed by atoms with E-state index in [-0.39, 0.29) is 19.0 Å². The second-order valence-corrected chi connectivity index (χ2v) is 9.98. The molecule has 0 unspecified atom stereocenters. The van der Waals surface area contributed by atoms with Crippen molar-refractivity contribution in [2.24, 2.45) is 0 Å². The van der Waals surface area contributed by atoms with Gasteiger partial charge in [-0.1, -0.05) is 5.92 Å². The van der Waals surface area contributed by atoms with Crippen LogP contribution in [-0.2, 0) is 30.8 Å². The summed E-state index contributed by atoms with van der Waals surface area (Å²) in [5, 5.41) is 0. The zero-order valence-electron chi connectivity index (χ0n) is 16.5. The Labute approximate surface area is 170 Å². The molecule has 3 rings (SSSR count). The van der Waals surface area contributed by atoms with Gasteiger partial charge in [0.05, 0.1) is 6.54 Å². The lowest BCUT2D eigenvalue weighted by Crippen LogP contribution is -2.52. The number of fused-ring (bicyclic) bond motifs is 1. The molecule has 3 heterocycles. The average Bonchev–Trinajstić information content (AvgIpc) is 3.23. The van der Waals surface area contributed by atoms with Gasteiger partial charge in [0.15, 0.2) is 20.9 Å². The largest absolute Gasteiger partial charge is 0.350 e. The van der Waals surface area contributed by atoms with Crippen LogP contribution in [0.4, 0.5) is 4.79 Å². The summed E-state index contributed by atoms with van der Waals surface area (Å²) in [5.41, 5.74) is 3.57. The molecule has 158 valence electrons. The third-order valence-corrected chi connectivity index (χ3v) is 7.50. The Kier molecular flexibility index (Phi) is 6.03. The van der Waals surface area contributed by atoms with Gasteiger partial charge >= 0.3 is 6.03 Å². The Morgan fingerprint density at radius 2 is 2.24 bits per heavy atom. The van der Waals surface area contributed by atoms with Gasteiger partial charge in [0, 0.05) is 43.3 Å². The molecule has 2 amide bonds. The normalized spacial score (nSPS) is 21.3. The first-order valence-corrected chi connectivity index (χ1v) is 11.3. The zero-order valence-corrected chi connectivity index (χ0v) is 17.3. The van der Waals surface area contributed by atoms with E-state index in [1.807, 2.05) is 0 Å². The van der Waals surface area contributed by atoms with E-state index in [9.17, 15) is 18.0 Å². The average molecular weight is 423 g/mol. The molecule has 1 N–H and O–H groups in total. The lowest BCUT2D eigenvalue weighted by molar-refractivity contribution is -0.201. The molecule has 0 aromatic carbocycles. The Morgan fingerprint density at radius 1 is 1.48 bits per heavy atom. The monoisotopic (exact) mass is 423 g/mol. The first-order valence-electron chi connectivity index (χ1n) is 9.40. The number of carbonyl (C=O) groups excluding carboxylic acids is 2. The number of ether oxygens (including phenoxy) is 1. The van der Waals surface area contributed by atoms with Crippen molar-refractivity contribution in [1.29, 1.82) is 0 Å². The van der Waals surface area contributed by atoms with Crippen LogP contribution in [0.15, 0.2) is 12.3 Å². The summed E-state index contributed by atoms with van der Waals surface area (Å²) in [7, 11) is -3.79. The number of sulfone groups is 1. The highest BCUT2D eigenvalue weighted by Crippen LogP contribution is 2.26. The summed E-state index contributed by atoms with van der Waals surface area (Å²) in [5.74, 6) is 1.69. The van der Waals surface area contributed by atoms with Gasteiger partial charge in [0.1, 0.15) is 0 Å². The third-order valence-electron chi connectivity index (χ3n) is 5.47. The van der Waals surface area contributed by atoms with Crippen LogP contribution in [-0.4, -0.2) is 60.3 Å². The quantitative estimate of drug-likeness (QED) is 0.518. The second-order valence-electron chi connectivity index (χ2n) is 7.54. The van der Waals surface area contributed by atoms with Crippen LogP contribution in [0, 0.1) is 12.3 Å². The second kappa shape index (κ2) is 8.18. The predicted molar refractivity (Wildman–Crippen MR) is 104 cm³/mol. The molecule has 9 nitrogen and oxygen atoms in total. The molecule has 1 fully saturated rings. The maximum atomic E-state index is 12.7. The van der Waals surface area contributed by atoms with Crippen LogP contribution in [0.2, 0.25) is 0 Å². The van der Waals surface area contributed by atoms with E-state index in [2.05, 4.69) is 11.4 Å². The van der Waals surface area contributed by atoms with Crippen molar-refractivity contribution in [3.05, 3.63) is 23.5 Å². The van der Waals surface area contributed by atoms with Gasteiger partial charge in [-0.05, 0) is 32.3 Å². The summed E-state index contributed by atoms with van der Waals surface area (Å²) in [6.07, 6.45) is 9.70. The minimum absolute atomic E-state index is 0.0783. The van der Waals surface area contributed by atoms with E-state index in [4.69, 9.17) is 16.0 Å². The van der Waals surface area contributed by atoms with Gasteiger partial charge < -0.3 is 9.64 Å². The number of hydrogen-bond donors (Lipinski definition) is 1. The minimum Gasteiger partial charge on any atom is -0.350 e. The van der Waals surface area contributed by atoms with Crippen LogP contribution < -0.4 is 5.48 Å². The van der Waals surface area contributed by atoms with Gasteiger partial charge in [-0.3, -0.25) is 9.36 Å². The van der Waals surface area contributed by atoms with Crippen molar-refractivity contribution in [2.45, 2.75) is 50.2 Å². The SMILES string of the molecule is C#Cc1cc2n(c1)C(=O)N(CC[C@](C)(C(=O)NO[C@H]1CCCCO1)S(C)(=O)=O)C2. The minimum atomic E-state index is -3.79. The summed E-state index contributed by atoms with van der Waals surface area (Å²) < 4.78 is 29.9. The van der Waals surface area contributed by atoms with E-state index >= 15 is 0 Å². The van der Waals surface area contributed by atoms with Crippen LogP contribution in [0.1, 0.15) is 43.9 Å². The number of rotatable bonds is 7. The molecule has 1 saturated heterocycles. The van der Waals surface area contributed by atoms with Crippen LogP contribution in [0.3, 0.4) is 0 Å². The van der Waals surface area contributed by atoms with Crippen LogP contribution in [0.5, 0.6) is 0 Å². The third kappa shape index (κ3) is 4.32. The first kappa shape index (κ1) is 21.4. The van der Waals surface area contributed by atoms with Crippen LogP contribution in [0.25, 0.3) is 0 Å². The van der Waals surface area contributed by atoms with Gasteiger partial charge in [-0.2, -0.15) is 0 Å². The van der Waals surface area contributed by atoms with Crippen molar-refractivity contribution in [3.63, 3.8) is 0 Å². The topological polar surface area (TPSA) is 107 Å². The number of nitrogens with one attached hydrogen (secondary N) is 1. The summed E-state index contributed by atoms with van der Waals surface area (Å²) in [6.45, 7) is 2.25. The fraction of sp³-hybridized carbons (Fsp3) is 0.579. The highest BCUT2D eigenvalue weighted by Gasteiger charge is 2.45. The molecule has 1 aromatic heterocycles. The van der Waals surface area contributed by atoms with E-state index < -0.39 is 26.8 Å². The Hall–Kier alpha value is -2.35. The molecule has 2 aliphatic rings. The number of terminal acetylenes is 1. The highest BCUT2D eigenvalue weighted by molar-refractivity contribution is 7.92. The summed E-state index contributed by atoms with van der Waals surface area (Å²) in [4.78, 5) is 32.0. The summed E-state index contributed by atoms with van der Waals surface area (Å²) in [6, 6.07) is 1.43. The van der Waals surface area contributed by atoms with Crippen LogP contribution >= 0.6 is 0 Å². The lowest BCUT2D eigenvalue weighted by Gasteiger charge is -2.29. The Balaban J connectivity index is 1.64. The number of amides is 2. The Morgan fingerprint density at radius 3 is 2.83 bits per heavy atom. The fourth-order valence-corrected chi connectivity index (χ4v) is 4.16. The molecule has 0 radical (unpaired) electrons. The van der Waals surface area contributed by atoms with Gasteiger partial charge in [-0.25, -0.2) is 23.5 Å². The van der Waals surface area contributed by atoms with Crippen molar-refractivity contribution in [2.75, 3.05) is 19.4 Å². The number of hydroxylamine groups is 1. The Bertz CT molecular complexity index is 942. The number of aromatic nitrogens is 1. The smallest absolute Gasteiger partial charge is 0.328 e. The molecule has 29 heavy (non-hydrogen) atoms.